The van der Waals surface area contributed by atoms with Crippen molar-refractivity contribution in [3.05, 3.63) is 71.3 Å². The lowest BCUT2D eigenvalue weighted by Gasteiger charge is -2.26. The molecule has 3 nitrogen and oxygen atoms in total. The third kappa shape index (κ3) is 5.17. The van der Waals surface area contributed by atoms with Gasteiger partial charge in [-0.05, 0) is 43.6 Å². The van der Waals surface area contributed by atoms with E-state index in [2.05, 4.69) is 62.4 Å². The summed E-state index contributed by atoms with van der Waals surface area (Å²) in [5.74, 6) is 0.0113. The monoisotopic (exact) mass is 338 g/mol. The largest absolute Gasteiger partial charge is 0.354 e. The number of benzene rings is 2. The summed E-state index contributed by atoms with van der Waals surface area (Å²) in [6, 6.07) is 18.9. The van der Waals surface area contributed by atoms with Crippen LogP contribution in [0.4, 0.5) is 0 Å². The van der Waals surface area contributed by atoms with Gasteiger partial charge in [0.1, 0.15) is 0 Å². The summed E-state index contributed by atoms with van der Waals surface area (Å²) in [7, 11) is 4.11. The van der Waals surface area contributed by atoms with Crippen LogP contribution in [-0.4, -0.2) is 31.4 Å². The lowest BCUT2D eigenvalue weighted by atomic mass is 9.95. The fourth-order valence-electron chi connectivity index (χ4n) is 3.15. The lowest BCUT2D eigenvalue weighted by Crippen LogP contribution is -2.37. The summed E-state index contributed by atoms with van der Waals surface area (Å²) in [5.41, 5.74) is 3.65. The van der Waals surface area contributed by atoms with Crippen molar-refractivity contribution in [1.82, 2.24) is 10.2 Å². The highest BCUT2D eigenvalue weighted by atomic mass is 16.1. The lowest BCUT2D eigenvalue weighted by molar-refractivity contribution is -0.122. The van der Waals surface area contributed by atoms with E-state index in [1.54, 1.807) is 0 Å². The Morgan fingerprint density at radius 3 is 2.12 bits per heavy atom. The van der Waals surface area contributed by atoms with Crippen LogP contribution >= 0.6 is 0 Å². The number of nitrogens with one attached hydrogen (secondary N) is 1. The zero-order chi connectivity index (χ0) is 18.2. The van der Waals surface area contributed by atoms with Gasteiger partial charge in [-0.15, -0.1) is 0 Å². The Morgan fingerprint density at radius 1 is 0.960 bits per heavy atom. The minimum atomic E-state index is -0.0912. The molecule has 2 aromatic rings. The van der Waals surface area contributed by atoms with E-state index >= 15 is 0 Å². The molecule has 0 saturated carbocycles. The highest BCUT2D eigenvalue weighted by Gasteiger charge is 2.21. The van der Waals surface area contributed by atoms with E-state index in [1.165, 1.54) is 11.1 Å². The van der Waals surface area contributed by atoms with E-state index in [9.17, 15) is 4.79 Å². The molecule has 0 aliphatic carbocycles. The molecule has 0 saturated heterocycles. The summed E-state index contributed by atoms with van der Waals surface area (Å²) in [6.07, 6.45) is 1.84. The number of rotatable bonds is 8. The average Bonchev–Trinajstić information content (AvgIpc) is 2.63. The Labute approximate surface area is 152 Å². The summed E-state index contributed by atoms with van der Waals surface area (Å²) < 4.78 is 0. The molecular formula is C22H30N2O. The average molecular weight is 338 g/mol. The van der Waals surface area contributed by atoms with Gasteiger partial charge in [-0.2, -0.15) is 0 Å². The van der Waals surface area contributed by atoms with Crippen molar-refractivity contribution in [3.8, 4) is 0 Å². The highest BCUT2D eigenvalue weighted by Crippen LogP contribution is 2.21. The van der Waals surface area contributed by atoms with Crippen molar-refractivity contribution >= 4 is 5.91 Å². The minimum absolute atomic E-state index is 0.0912. The third-order valence-electron chi connectivity index (χ3n) is 4.79. The van der Waals surface area contributed by atoms with E-state index in [0.29, 0.717) is 6.54 Å². The third-order valence-corrected chi connectivity index (χ3v) is 4.79. The molecular weight excluding hydrogens is 308 g/mol. The maximum Gasteiger partial charge on any atom is 0.227 e. The van der Waals surface area contributed by atoms with Crippen LogP contribution in [0.25, 0.3) is 0 Å². The van der Waals surface area contributed by atoms with Gasteiger partial charge in [-0.1, -0.05) is 68.4 Å². The molecule has 0 aromatic heterocycles. The molecule has 3 heteroatoms. The van der Waals surface area contributed by atoms with Crippen LogP contribution < -0.4 is 5.32 Å². The van der Waals surface area contributed by atoms with Gasteiger partial charge in [0.2, 0.25) is 5.91 Å². The fourth-order valence-corrected chi connectivity index (χ4v) is 3.15. The van der Waals surface area contributed by atoms with Gasteiger partial charge in [0.05, 0.1) is 12.0 Å². The molecule has 1 amide bonds. The van der Waals surface area contributed by atoms with Crippen LogP contribution in [-0.2, 0) is 11.2 Å². The molecule has 0 heterocycles. The predicted octanol–water partition coefficient (Wildman–Crippen LogP) is 4.16. The summed E-state index contributed by atoms with van der Waals surface area (Å²) in [6.45, 7) is 4.83. The van der Waals surface area contributed by atoms with Crippen molar-refractivity contribution in [1.29, 1.82) is 0 Å². The maximum absolute atomic E-state index is 12.7. The zero-order valence-corrected chi connectivity index (χ0v) is 15.8. The molecule has 25 heavy (non-hydrogen) atoms. The van der Waals surface area contributed by atoms with Gasteiger partial charge >= 0.3 is 0 Å². The first kappa shape index (κ1) is 19.2. The molecule has 2 rings (SSSR count). The zero-order valence-electron chi connectivity index (χ0n) is 15.8. The SMILES string of the molecule is CCc1ccc([C@H](CNC(=O)[C@H](CC)c2ccccc2)N(C)C)cc1. The molecule has 134 valence electrons. The first-order valence-corrected chi connectivity index (χ1v) is 9.14. The predicted molar refractivity (Wildman–Crippen MR) is 105 cm³/mol. The maximum atomic E-state index is 12.7. The molecule has 2 aromatic carbocycles. The van der Waals surface area contributed by atoms with Crippen molar-refractivity contribution in [2.75, 3.05) is 20.6 Å². The quantitative estimate of drug-likeness (QED) is 0.784. The van der Waals surface area contributed by atoms with E-state index < -0.39 is 0 Å². The number of aryl methyl sites for hydroxylation is 1. The van der Waals surface area contributed by atoms with Crippen LogP contribution in [0.3, 0.4) is 0 Å². The van der Waals surface area contributed by atoms with Gasteiger partial charge in [0.25, 0.3) is 0 Å². The van der Waals surface area contributed by atoms with Crippen molar-refractivity contribution in [2.24, 2.45) is 0 Å². The summed E-state index contributed by atoms with van der Waals surface area (Å²) in [5, 5.41) is 3.16. The first-order chi connectivity index (χ1) is 12.1. The van der Waals surface area contributed by atoms with Crippen LogP contribution in [0.5, 0.6) is 0 Å². The smallest absolute Gasteiger partial charge is 0.227 e. The van der Waals surface area contributed by atoms with Gasteiger partial charge in [0, 0.05) is 6.54 Å². The van der Waals surface area contributed by atoms with Crippen molar-refractivity contribution in [2.45, 2.75) is 38.6 Å². The molecule has 0 fully saturated rings. The Hall–Kier alpha value is -2.13. The summed E-state index contributed by atoms with van der Waals surface area (Å²) in [4.78, 5) is 14.9. The van der Waals surface area contributed by atoms with Crippen molar-refractivity contribution < 1.29 is 4.79 Å². The Balaban J connectivity index is 2.05. The Kier molecular flexibility index (Phi) is 7.20. The number of likely N-dealkylation sites (N-methyl/N-ethyl adjacent to an activating group) is 1. The molecule has 0 bridgehead atoms. The van der Waals surface area contributed by atoms with Crippen molar-refractivity contribution in [3.63, 3.8) is 0 Å². The van der Waals surface area contributed by atoms with E-state index in [4.69, 9.17) is 0 Å². The Morgan fingerprint density at radius 2 is 1.60 bits per heavy atom. The molecule has 2 atom stereocenters. The standard InChI is InChI=1S/C22H30N2O/c1-5-17-12-14-19(15-13-17)21(24(3)4)16-23-22(25)20(6-2)18-10-8-7-9-11-18/h7-15,20-21H,5-6,16H2,1-4H3,(H,23,25)/t20-,21+/m1/s1. The minimum Gasteiger partial charge on any atom is -0.354 e. The fraction of sp³-hybridized carbons (Fsp3) is 0.409. The summed E-state index contributed by atoms with van der Waals surface area (Å²) >= 11 is 0. The highest BCUT2D eigenvalue weighted by molar-refractivity contribution is 5.83. The molecule has 0 aliphatic heterocycles. The second-order valence-electron chi connectivity index (χ2n) is 6.69. The van der Waals surface area contributed by atoms with Gasteiger partial charge < -0.3 is 10.2 Å². The van der Waals surface area contributed by atoms with Gasteiger partial charge in [-0.25, -0.2) is 0 Å². The normalized spacial score (nSPS) is 13.5. The van der Waals surface area contributed by atoms with E-state index in [0.717, 1.165) is 18.4 Å². The molecule has 0 spiro atoms. The van der Waals surface area contributed by atoms with Crippen LogP contribution in [0.2, 0.25) is 0 Å². The van der Waals surface area contributed by atoms with Crippen LogP contribution in [0, 0.1) is 0 Å². The number of carbonyl (C=O) groups is 1. The first-order valence-electron chi connectivity index (χ1n) is 9.14. The van der Waals surface area contributed by atoms with Gasteiger partial charge in [-0.3, -0.25) is 4.79 Å². The van der Waals surface area contributed by atoms with Crippen LogP contribution in [0.1, 0.15) is 48.9 Å². The number of carbonyl (C=O) groups excluding carboxylic acids is 1. The number of hydrogen-bond acceptors (Lipinski definition) is 2. The van der Waals surface area contributed by atoms with Crippen LogP contribution in [0.15, 0.2) is 54.6 Å². The number of hydrogen-bond donors (Lipinski definition) is 1. The second kappa shape index (κ2) is 9.38. The van der Waals surface area contributed by atoms with Gasteiger partial charge in [0.15, 0.2) is 0 Å². The molecule has 0 unspecified atom stereocenters. The Bertz CT molecular complexity index is 649. The van der Waals surface area contributed by atoms with E-state index in [1.807, 2.05) is 30.3 Å². The molecule has 0 radical (unpaired) electrons. The number of nitrogens with zero attached hydrogens (tertiary/aromatic N) is 1. The molecule has 1 N–H and O–H groups in total. The van der Waals surface area contributed by atoms with E-state index in [-0.39, 0.29) is 17.9 Å². The number of amides is 1. The topological polar surface area (TPSA) is 32.3 Å². The molecule has 0 aliphatic rings. The second-order valence-corrected chi connectivity index (χ2v) is 6.69.